The zero-order chi connectivity index (χ0) is 22.0. The summed E-state index contributed by atoms with van der Waals surface area (Å²) in [6, 6.07) is 10.7. The molecule has 0 bridgehead atoms. The van der Waals surface area contributed by atoms with Crippen molar-refractivity contribution in [3.05, 3.63) is 71.9 Å². The quantitative estimate of drug-likeness (QED) is 0.723. The van der Waals surface area contributed by atoms with Gasteiger partial charge in [-0.25, -0.2) is 17.2 Å². The van der Waals surface area contributed by atoms with Gasteiger partial charge in [-0.3, -0.25) is 14.6 Å². The first-order valence-corrected chi connectivity index (χ1v) is 11.5. The van der Waals surface area contributed by atoms with Crippen molar-refractivity contribution in [2.45, 2.75) is 17.7 Å². The van der Waals surface area contributed by atoms with E-state index in [1.807, 2.05) is 35.2 Å². The molecule has 0 saturated carbocycles. The maximum absolute atomic E-state index is 14.1. The predicted molar refractivity (Wildman–Crippen MR) is 113 cm³/mol. The molecule has 9 heteroatoms. The van der Waals surface area contributed by atoms with Gasteiger partial charge in [-0.1, -0.05) is 30.3 Å². The van der Waals surface area contributed by atoms with Gasteiger partial charge in [-0.15, -0.1) is 0 Å². The molecule has 0 atom stereocenters. The second kappa shape index (κ2) is 8.86. The molecule has 0 N–H and O–H groups in total. The lowest BCUT2D eigenvalue weighted by Crippen LogP contribution is -2.41. The van der Waals surface area contributed by atoms with Crippen LogP contribution in [0, 0.1) is 11.6 Å². The Labute approximate surface area is 180 Å². The van der Waals surface area contributed by atoms with Gasteiger partial charge in [0.2, 0.25) is 15.9 Å². The topological polar surface area (TPSA) is 60.9 Å². The van der Waals surface area contributed by atoms with Crippen molar-refractivity contribution in [1.82, 2.24) is 9.21 Å². The van der Waals surface area contributed by atoms with E-state index in [0.29, 0.717) is 19.5 Å². The Balaban J connectivity index is 1.45. The molecule has 2 aromatic carbocycles. The molecule has 6 nitrogen and oxygen atoms in total. The monoisotopic (exact) mass is 447 g/mol. The first-order chi connectivity index (χ1) is 14.9. The van der Waals surface area contributed by atoms with E-state index in [1.165, 1.54) is 0 Å². The third-order valence-corrected chi connectivity index (χ3v) is 7.49. The third-order valence-electron chi connectivity index (χ3n) is 5.54. The van der Waals surface area contributed by atoms with Gasteiger partial charge in [0, 0.05) is 25.8 Å². The van der Waals surface area contributed by atoms with Crippen molar-refractivity contribution in [1.29, 1.82) is 0 Å². The molecule has 0 aromatic heterocycles. The van der Waals surface area contributed by atoms with Gasteiger partial charge >= 0.3 is 0 Å². The van der Waals surface area contributed by atoms with Crippen LogP contribution >= 0.6 is 0 Å². The predicted octanol–water partition coefficient (Wildman–Crippen LogP) is 2.76. The van der Waals surface area contributed by atoms with E-state index in [0.717, 1.165) is 40.2 Å². The Kier molecular flexibility index (Phi) is 6.17. The highest BCUT2D eigenvalue weighted by Gasteiger charge is 2.32. The number of benzene rings is 2. The summed E-state index contributed by atoms with van der Waals surface area (Å²) in [5.41, 5.74) is 1.92. The van der Waals surface area contributed by atoms with E-state index >= 15 is 0 Å². The summed E-state index contributed by atoms with van der Waals surface area (Å²) in [6.45, 7) is 1.11. The average Bonchev–Trinajstić information content (AvgIpc) is 2.99. The number of nitrogens with zero attached hydrogens (tertiary/aromatic N) is 3. The number of para-hydroxylation sites is 1. The van der Waals surface area contributed by atoms with Crippen molar-refractivity contribution in [2.75, 3.05) is 37.6 Å². The number of carbonyl (C=O) groups excluding carboxylic acids is 1. The number of anilines is 1. The fraction of sp³-hybridized carbons (Fsp3) is 0.318. The van der Waals surface area contributed by atoms with Gasteiger partial charge in [0.15, 0.2) is 4.90 Å². The van der Waals surface area contributed by atoms with Crippen molar-refractivity contribution < 1.29 is 22.0 Å². The van der Waals surface area contributed by atoms with E-state index < -0.39 is 26.6 Å². The highest BCUT2D eigenvalue weighted by molar-refractivity contribution is 7.89. The van der Waals surface area contributed by atoms with Crippen LogP contribution in [0.3, 0.4) is 0 Å². The first kappa shape index (κ1) is 21.6. The largest absolute Gasteiger partial charge is 0.293 e. The fourth-order valence-corrected chi connectivity index (χ4v) is 5.55. The zero-order valence-corrected chi connectivity index (χ0v) is 17.7. The number of carbonyl (C=O) groups is 1. The Morgan fingerprint density at radius 2 is 1.68 bits per heavy atom. The molecule has 0 unspecified atom stereocenters. The van der Waals surface area contributed by atoms with Crippen LogP contribution in [0.15, 0.2) is 59.6 Å². The third kappa shape index (κ3) is 4.39. The summed E-state index contributed by atoms with van der Waals surface area (Å²) < 4.78 is 54.9. The number of amides is 1. The van der Waals surface area contributed by atoms with E-state index in [2.05, 4.69) is 0 Å². The lowest BCUT2D eigenvalue weighted by atomic mass is 10.1. The van der Waals surface area contributed by atoms with Gasteiger partial charge in [0.25, 0.3) is 0 Å². The minimum Gasteiger partial charge on any atom is -0.293 e. The number of rotatable bonds is 4. The average molecular weight is 448 g/mol. The van der Waals surface area contributed by atoms with E-state index in [9.17, 15) is 22.0 Å². The molecule has 4 rings (SSSR count). The van der Waals surface area contributed by atoms with Crippen LogP contribution < -0.4 is 4.90 Å². The Morgan fingerprint density at radius 1 is 0.935 bits per heavy atom. The van der Waals surface area contributed by atoms with Crippen LogP contribution in [-0.4, -0.2) is 56.3 Å². The number of halogens is 2. The summed E-state index contributed by atoms with van der Waals surface area (Å²) in [6.07, 6.45) is 4.91. The minimum atomic E-state index is -4.31. The number of hydrogen-bond acceptors (Lipinski definition) is 4. The summed E-state index contributed by atoms with van der Waals surface area (Å²) >= 11 is 0. The fourth-order valence-electron chi connectivity index (χ4n) is 3.97. The standard InChI is InChI=1S/C22H23F2N3O3S/c23-18-8-3-9-19(24)22(18)31(29,30)26-12-5-11-25(14-15-26)16-21(28)27-13-4-7-17-6-1-2-10-20(17)27/h1-4,6,8-10,13H,5,7,11-12,14-16H2. The molecule has 31 heavy (non-hydrogen) atoms. The van der Waals surface area contributed by atoms with Crippen molar-refractivity contribution in [3.8, 4) is 0 Å². The van der Waals surface area contributed by atoms with Crippen LogP contribution in [0.25, 0.3) is 0 Å². The Bertz CT molecular complexity index is 1100. The molecule has 2 heterocycles. The van der Waals surface area contributed by atoms with E-state index in [1.54, 1.807) is 11.1 Å². The maximum Gasteiger partial charge on any atom is 0.248 e. The number of hydrogen-bond donors (Lipinski definition) is 0. The SMILES string of the molecule is O=C(CN1CCCN(S(=O)(=O)c2c(F)cccc2F)CC1)N1C=CCc2ccccc21. The van der Waals surface area contributed by atoms with Crippen LogP contribution in [0.2, 0.25) is 0 Å². The summed E-state index contributed by atoms with van der Waals surface area (Å²) in [7, 11) is -4.31. The van der Waals surface area contributed by atoms with Gasteiger partial charge < -0.3 is 0 Å². The van der Waals surface area contributed by atoms with Crippen LogP contribution in [0.1, 0.15) is 12.0 Å². The number of sulfonamides is 1. The van der Waals surface area contributed by atoms with Crippen molar-refractivity contribution in [2.24, 2.45) is 0 Å². The number of fused-ring (bicyclic) bond motifs is 1. The molecule has 0 spiro atoms. The van der Waals surface area contributed by atoms with Gasteiger partial charge in [-0.05, 0) is 43.1 Å². The smallest absolute Gasteiger partial charge is 0.248 e. The van der Waals surface area contributed by atoms with Crippen molar-refractivity contribution >= 4 is 21.6 Å². The molecule has 0 aliphatic carbocycles. The molecule has 1 saturated heterocycles. The molecule has 2 aliphatic heterocycles. The normalized spacial score (nSPS) is 17.9. The lowest BCUT2D eigenvalue weighted by molar-refractivity contribution is -0.119. The first-order valence-electron chi connectivity index (χ1n) is 10.1. The zero-order valence-electron chi connectivity index (χ0n) is 16.9. The van der Waals surface area contributed by atoms with Gasteiger partial charge in [0.05, 0.1) is 12.2 Å². The minimum absolute atomic E-state index is 0.0514. The van der Waals surface area contributed by atoms with Crippen LogP contribution in [-0.2, 0) is 21.2 Å². The van der Waals surface area contributed by atoms with Crippen LogP contribution in [0.5, 0.6) is 0 Å². The van der Waals surface area contributed by atoms with Gasteiger partial charge in [-0.2, -0.15) is 4.31 Å². The maximum atomic E-state index is 14.1. The summed E-state index contributed by atoms with van der Waals surface area (Å²) in [5.74, 6) is -2.32. The molecular formula is C22H23F2N3O3S. The molecule has 164 valence electrons. The number of allylic oxidation sites excluding steroid dienone is 1. The van der Waals surface area contributed by atoms with Gasteiger partial charge in [0.1, 0.15) is 11.6 Å². The highest BCUT2D eigenvalue weighted by atomic mass is 32.2. The highest BCUT2D eigenvalue weighted by Crippen LogP contribution is 2.26. The second-order valence-electron chi connectivity index (χ2n) is 7.57. The molecule has 0 radical (unpaired) electrons. The molecule has 1 fully saturated rings. The molecule has 1 amide bonds. The van der Waals surface area contributed by atoms with E-state index in [4.69, 9.17) is 0 Å². The molecule has 2 aliphatic rings. The Hall–Kier alpha value is -2.62. The van der Waals surface area contributed by atoms with Crippen LogP contribution in [0.4, 0.5) is 14.5 Å². The summed E-state index contributed by atoms with van der Waals surface area (Å²) in [4.78, 5) is 15.5. The second-order valence-corrected chi connectivity index (χ2v) is 9.44. The van der Waals surface area contributed by atoms with E-state index in [-0.39, 0.29) is 25.5 Å². The Morgan fingerprint density at radius 3 is 2.45 bits per heavy atom. The summed E-state index contributed by atoms with van der Waals surface area (Å²) in [5, 5.41) is 0. The molecule has 2 aromatic rings. The molecular weight excluding hydrogens is 424 g/mol. The van der Waals surface area contributed by atoms with Crippen molar-refractivity contribution in [3.63, 3.8) is 0 Å². The lowest BCUT2D eigenvalue weighted by Gasteiger charge is -2.28.